The molecule has 0 saturated heterocycles. The zero-order valence-electron chi connectivity index (χ0n) is 20.5. The van der Waals surface area contributed by atoms with Crippen LogP contribution in [0.25, 0.3) is 0 Å². The number of nitrogens with zero attached hydrogens (tertiary/aromatic N) is 4. The van der Waals surface area contributed by atoms with E-state index >= 15 is 0 Å². The fourth-order valence-electron chi connectivity index (χ4n) is 2.85. The van der Waals surface area contributed by atoms with Crippen LogP contribution in [0.5, 0.6) is 0 Å². The number of rotatable bonds is 9. The van der Waals surface area contributed by atoms with Gasteiger partial charge in [-0.15, -0.1) is 24.0 Å². The molecule has 0 radical (unpaired) electrons. The number of aromatic nitrogens is 2. The molecule has 0 aliphatic carbocycles. The fraction of sp³-hybridized carbons (Fsp3) is 0.565. The zero-order valence-corrected chi connectivity index (χ0v) is 22.8. The van der Waals surface area contributed by atoms with Crippen LogP contribution in [-0.2, 0) is 17.8 Å². The number of oxazole rings is 1. The lowest BCUT2D eigenvalue weighted by atomic mass is 10.2. The Kier molecular flexibility index (Phi) is 12.2. The lowest BCUT2D eigenvalue weighted by Gasteiger charge is -2.27. The molecule has 0 aliphatic rings. The van der Waals surface area contributed by atoms with Crippen molar-refractivity contribution in [2.75, 3.05) is 19.6 Å². The predicted molar refractivity (Wildman–Crippen MR) is 140 cm³/mol. The summed E-state index contributed by atoms with van der Waals surface area (Å²) in [6.07, 6.45) is 3.86. The van der Waals surface area contributed by atoms with Crippen molar-refractivity contribution in [3.8, 4) is 0 Å². The maximum absolute atomic E-state index is 12.7. The van der Waals surface area contributed by atoms with E-state index in [-0.39, 0.29) is 30.1 Å². The Balaban J connectivity index is 0.00000544. The minimum atomic E-state index is -0.552. The number of guanidine groups is 1. The van der Waals surface area contributed by atoms with Gasteiger partial charge in [-0.25, -0.2) is 14.8 Å². The van der Waals surface area contributed by atoms with Crippen LogP contribution in [0, 0.1) is 13.8 Å². The van der Waals surface area contributed by atoms with Crippen LogP contribution >= 0.6 is 24.0 Å². The Morgan fingerprint density at radius 3 is 2.61 bits per heavy atom. The number of aryl methyl sites for hydroxylation is 2. The summed E-state index contributed by atoms with van der Waals surface area (Å²) >= 11 is 0. The molecule has 33 heavy (non-hydrogen) atoms. The minimum Gasteiger partial charge on any atom is -0.444 e. The number of carbonyl (C=O) groups excluding carboxylic acids is 1. The SMILES string of the molecule is CCNC(=NCc1nc(C)c(C)o1)NCCCN(Cc1cccnc1)C(=O)OC(C)(C)C.I. The Morgan fingerprint density at radius 2 is 2.03 bits per heavy atom. The Morgan fingerprint density at radius 1 is 1.27 bits per heavy atom. The monoisotopic (exact) mass is 572 g/mol. The molecule has 0 aliphatic heterocycles. The molecule has 2 heterocycles. The summed E-state index contributed by atoms with van der Waals surface area (Å²) in [5, 5.41) is 6.51. The number of pyridine rings is 1. The normalized spacial score (nSPS) is 11.5. The molecule has 0 atom stereocenters. The summed E-state index contributed by atoms with van der Waals surface area (Å²) in [6, 6.07) is 3.81. The Labute approximate surface area is 213 Å². The number of halogens is 1. The highest BCUT2D eigenvalue weighted by Crippen LogP contribution is 2.13. The van der Waals surface area contributed by atoms with Crippen LogP contribution in [0.1, 0.15) is 57.0 Å². The van der Waals surface area contributed by atoms with Gasteiger partial charge < -0.3 is 24.7 Å². The molecule has 0 spiro atoms. The topological polar surface area (TPSA) is 105 Å². The minimum absolute atomic E-state index is 0. The van der Waals surface area contributed by atoms with Crippen LogP contribution in [0.15, 0.2) is 33.9 Å². The van der Waals surface area contributed by atoms with Gasteiger partial charge in [0.1, 0.15) is 17.9 Å². The lowest BCUT2D eigenvalue weighted by molar-refractivity contribution is 0.0232. The summed E-state index contributed by atoms with van der Waals surface area (Å²) in [6.45, 7) is 14.1. The first-order valence-electron chi connectivity index (χ1n) is 11.0. The maximum atomic E-state index is 12.7. The molecule has 0 aromatic carbocycles. The van der Waals surface area contributed by atoms with Crippen molar-refractivity contribution in [1.82, 2.24) is 25.5 Å². The molecule has 10 heteroatoms. The van der Waals surface area contributed by atoms with E-state index in [4.69, 9.17) is 9.15 Å². The van der Waals surface area contributed by atoms with Crippen molar-refractivity contribution in [2.45, 2.75) is 66.7 Å². The van der Waals surface area contributed by atoms with Crippen molar-refractivity contribution >= 4 is 36.0 Å². The highest BCUT2D eigenvalue weighted by atomic mass is 127. The first-order chi connectivity index (χ1) is 15.2. The average molecular weight is 572 g/mol. The van der Waals surface area contributed by atoms with E-state index in [9.17, 15) is 4.79 Å². The molecule has 1 amide bonds. The number of nitrogens with one attached hydrogen (secondary N) is 2. The summed E-state index contributed by atoms with van der Waals surface area (Å²) in [4.78, 5) is 27.4. The van der Waals surface area contributed by atoms with Crippen LogP contribution in [0.2, 0.25) is 0 Å². The third kappa shape index (κ3) is 10.9. The van der Waals surface area contributed by atoms with Crippen molar-refractivity contribution in [3.63, 3.8) is 0 Å². The molecule has 2 rings (SSSR count). The number of hydrogen-bond acceptors (Lipinski definition) is 6. The maximum Gasteiger partial charge on any atom is 0.410 e. The Hall–Kier alpha value is -2.37. The van der Waals surface area contributed by atoms with Gasteiger partial charge in [0, 0.05) is 32.0 Å². The molecule has 2 aromatic rings. The highest BCUT2D eigenvalue weighted by molar-refractivity contribution is 14.0. The molecule has 0 unspecified atom stereocenters. The van der Waals surface area contributed by atoms with Gasteiger partial charge in [-0.1, -0.05) is 6.07 Å². The van der Waals surface area contributed by atoms with E-state index in [1.807, 2.05) is 53.7 Å². The van der Waals surface area contributed by atoms with Crippen molar-refractivity contribution in [2.24, 2.45) is 4.99 Å². The predicted octanol–water partition coefficient (Wildman–Crippen LogP) is 4.19. The molecule has 2 N–H and O–H groups in total. The first-order valence-corrected chi connectivity index (χ1v) is 11.0. The van der Waals surface area contributed by atoms with Gasteiger partial charge in [0.2, 0.25) is 5.89 Å². The van der Waals surface area contributed by atoms with Crippen molar-refractivity contribution in [3.05, 3.63) is 47.4 Å². The number of ether oxygens (including phenoxy) is 1. The van der Waals surface area contributed by atoms with Gasteiger partial charge >= 0.3 is 6.09 Å². The van der Waals surface area contributed by atoms with E-state index in [0.717, 1.165) is 30.0 Å². The molecular formula is C23H37IN6O3. The number of amides is 1. The van der Waals surface area contributed by atoms with E-state index < -0.39 is 5.60 Å². The van der Waals surface area contributed by atoms with E-state index in [0.29, 0.717) is 38.0 Å². The zero-order chi connectivity index (χ0) is 23.6. The Bertz CT molecular complexity index is 861. The third-order valence-corrected chi connectivity index (χ3v) is 4.43. The fourth-order valence-corrected chi connectivity index (χ4v) is 2.85. The largest absolute Gasteiger partial charge is 0.444 e. The molecule has 0 fully saturated rings. The second-order valence-corrected chi connectivity index (χ2v) is 8.49. The molecule has 2 aromatic heterocycles. The van der Waals surface area contributed by atoms with Gasteiger partial charge in [-0.2, -0.15) is 0 Å². The van der Waals surface area contributed by atoms with Crippen LogP contribution < -0.4 is 10.6 Å². The number of carbonyl (C=O) groups is 1. The molecular weight excluding hydrogens is 535 g/mol. The summed E-state index contributed by atoms with van der Waals surface area (Å²) in [5.74, 6) is 2.07. The van der Waals surface area contributed by atoms with Crippen LogP contribution in [0.4, 0.5) is 4.79 Å². The summed E-state index contributed by atoms with van der Waals surface area (Å²) in [5.41, 5.74) is 1.28. The molecule has 9 nitrogen and oxygen atoms in total. The van der Waals surface area contributed by atoms with Gasteiger partial charge in [-0.3, -0.25) is 4.98 Å². The molecule has 0 bridgehead atoms. The highest BCUT2D eigenvalue weighted by Gasteiger charge is 2.22. The van der Waals surface area contributed by atoms with Gasteiger partial charge in [0.05, 0.1) is 12.2 Å². The van der Waals surface area contributed by atoms with E-state index in [1.54, 1.807) is 17.3 Å². The number of aliphatic imine (C=N–C) groups is 1. The van der Waals surface area contributed by atoms with E-state index in [1.165, 1.54) is 0 Å². The van der Waals surface area contributed by atoms with Crippen molar-refractivity contribution in [1.29, 1.82) is 0 Å². The average Bonchev–Trinajstić information content (AvgIpc) is 3.05. The standard InChI is InChI=1S/C23H36N6O3.HI/c1-7-25-21(27-15-20-28-17(2)18(3)31-20)26-12-9-13-29(22(30)32-23(4,5)6)16-19-10-8-11-24-14-19;/h8,10-11,14H,7,9,12-13,15-16H2,1-6H3,(H2,25,26,27);1H. The van der Waals surface area contributed by atoms with E-state index in [2.05, 4.69) is 25.6 Å². The van der Waals surface area contributed by atoms with Gasteiger partial charge in [0.25, 0.3) is 0 Å². The second-order valence-electron chi connectivity index (χ2n) is 8.49. The smallest absolute Gasteiger partial charge is 0.410 e. The van der Waals surface area contributed by atoms with Crippen molar-refractivity contribution < 1.29 is 13.9 Å². The quantitative estimate of drug-likeness (QED) is 0.201. The van der Waals surface area contributed by atoms with Gasteiger partial charge in [0.15, 0.2) is 5.96 Å². The third-order valence-electron chi connectivity index (χ3n) is 4.43. The summed E-state index contributed by atoms with van der Waals surface area (Å²) < 4.78 is 11.2. The second kappa shape index (κ2) is 14.0. The molecule has 184 valence electrons. The number of hydrogen-bond donors (Lipinski definition) is 2. The van der Waals surface area contributed by atoms with Crippen LogP contribution in [-0.4, -0.2) is 52.2 Å². The lowest BCUT2D eigenvalue weighted by Crippen LogP contribution is -2.40. The summed E-state index contributed by atoms with van der Waals surface area (Å²) in [7, 11) is 0. The molecule has 0 saturated carbocycles. The van der Waals surface area contributed by atoms with Crippen LogP contribution in [0.3, 0.4) is 0 Å². The van der Waals surface area contributed by atoms with Gasteiger partial charge in [-0.05, 0) is 59.6 Å². The first kappa shape index (κ1) is 28.7.